The zero-order valence-corrected chi connectivity index (χ0v) is 16.7. The molecule has 0 unspecified atom stereocenters. The van der Waals surface area contributed by atoms with Gasteiger partial charge in [-0.05, 0) is 32.6 Å². The van der Waals surface area contributed by atoms with E-state index < -0.39 is 0 Å². The van der Waals surface area contributed by atoms with E-state index in [0.29, 0.717) is 31.0 Å². The van der Waals surface area contributed by atoms with Crippen LogP contribution in [0.2, 0.25) is 0 Å². The lowest BCUT2D eigenvalue weighted by molar-refractivity contribution is -0.0685. The van der Waals surface area contributed by atoms with Gasteiger partial charge in [0.25, 0.3) is 5.91 Å². The lowest BCUT2D eigenvalue weighted by Gasteiger charge is -2.42. The number of aromatic nitrogens is 2. The number of likely N-dealkylation sites (N-methyl/N-ethyl adjacent to an activating group) is 1. The fraction of sp³-hybridized carbons (Fsp3) is 0.500. The van der Waals surface area contributed by atoms with Crippen LogP contribution < -0.4 is 4.74 Å². The van der Waals surface area contributed by atoms with Crippen LogP contribution in [0.4, 0.5) is 0 Å². The normalized spacial score (nSPS) is 20.1. The van der Waals surface area contributed by atoms with E-state index in [2.05, 4.69) is 10.00 Å². The van der Waals surface area contributed by atoms with Gasteiger partial charge in [0.1, 0.15) is 5.75 Å². The summed E-state index contributed by atoms with van der Waals surface area (Å²) < 4.78 is 13.3. The second kappa shape index (κ2) is 8.10. The summed E-state index contributed by atoms with van der Waals surface area (Å²) in [6.07, 6.45) is 3.64. The van der Waals surface area contributed by atoms with Gasteiger partial charge in [0.2, 0.25) is 0 Å². The van der Waals surface area contributed by atoms with Gasteiger partial charge in [-0.25, -0.2) is 0 Å². The van der Waals surface area contributed by atoms with Gasteiger partial charge >= 0.3 is 0 Å². The zero-order chi connectivity index (χ0) is 19.6. The molecule has 27 heavy (non-hydrogen) atoms. The standard InChI is InChI=1S/C20H28N4O3/c1-14-7-6-8-16(26-5)18(14)20(25)24-9-10-27-17(13-22(2)3)19(24)15-11-21-23(4)12-15/h6-8,11-12,17,19H,9-10,13H2,1-5H3/t17-,19-/m0/s1. The third-order valence-electron chi connectivity index (χ3n) is 4.89. The van der Waals surface area contributed by atoms with Crippen molar-refractivity contribution in [3.63, 3.8) is 0 Å². The molecule has 1 aromatic heterocycles. The Labute approximate surface area is 160 Å². The van der Waals surface area contributed by atoms with E-state index in [-0.39, 0.29) is 18.1 Å². The summed E-state index contributed by atoms with van der Waals surface area (Å²) in [7, 11) is 7.49. The Hall–Kier alpha value is -2.38. The Balaban J connectivity index is 2.02. The first kappa shape index (κ1) is 19.4. The quantitative estimate of drug-likeness (QED) is 0.802. The number of ether oxygens (including phenoxy) is 2. The van der Waals surface area contributed by atoms with Crippen LogP contribution in [0.3, 0.4) is 0 Å². The molecule has 2 atom stereocenters. The fourth-order valence-electron chi connectivity index (χ4n) is 3.69. The molecule has 1 saturated heterocycles. The Bertz CT molecular complexity index is 802. The smallest absolute Gasteiger partial charge is 0.258 e. The molecule has 1 aliphatic heterocycles. The maximum absolute atomic E-state index is 13.6. The number of carbonyl (C=O) groups is 1. The van der Waals surface area contributed by atoms with Crippen molar-refractivity contribution in [2.24, 2.45) is 7.05 Å². The molecule has 0 N–H and O–H groups in total. The Morgan fingerprint density at radius 2 is 2.19 bits per heavy atom. The SMILES string of the molecule is COc1cccc(C)c1C(=O)N1CCO[C@@H](CN(C)C)[C@@H]1c1cnn(C)c1. The van der Waals surface area contributed by atoms with Crippen LogP contribution in [0.15, 0.2) is 30.6 Å². The minimum atomic E-state index is -0.202. The minimum absolute atomic E-state index is 0.0362. The molecule has 0 saturated carbocycles. The highest BCUT2D eigenvalue weighted by Gasteiger charge is 2.38. The monoisotopic (exact) mass is 372 g/mol. The predicted octanol–water partition coefficient (Wildman–Crippen LogP) is 1.88. The number of nitrogens with zero attached hydrogens (tertiary/aromatic N) is 4. The van der Waals surface area contributed by atoms with Gasteiger partial charge < -0.3 is 19.3 Å². The second-order valence-electron chi connectivity index (χ2n) is 7.21. The van der Waals surface area contributed by atoms with Gasteiger partial charge in [0.05, 0.1) is 37.6 Å². The predicted molar refractivity (Wildman–Crippen MR) is 103 cm³/mol. The number of hydrogen-bond acceptors (Lipinski definition) is 5. The topological polar surface area (TPSA) is 59.8 Å². The molecular weight excluding hydrogens is 344 g/mol. The van der Waals surface area contributed by atoms with Crippen LogP contribution in [0.25, 0.3) is 0 Å². The van der Waals surface area contributed by atoms with Crippen molar-refractivity contribution in [1.82, 2.24) is 19.6 Å². The van der Waals surface area contributed by atoms with Crippen molar-refractivity contribution in [2.45, 2.75) is 19.1 Å². The van der Waals surface area contributed by atoms with E-state index in [1.807, 2.05) is 63.6 Å². The number of morpholine rings is 1. The first-order valence-electron chi connectivity index (χ1n) is 9.11. The van der Waals surface area contributed by atoms with E-state index in [9.17, 15) is 4.79 Å². The van der Waals surface area contributed by atoms with Crippen molar-refractivity contribution < 1.29 is 14.3 Å². The summed E-state index contributed by atoms with van der Waals surface area (Å²) in [5.74, 6) is 0.562. The first-order chi connectivity index (χ1) is 12.9. The highest BCUT2D eigenvalue weighted by atomic mass is 16.5. The lowest BCUT2D eigenvalue weighted by atomic mass is 9.98. The Morgan fingerprint density at radius 3 is 2.81 bits per heavy atom. The van der Waals surface area contributed by atoms with E-state index in [1.165, 1.54) is 0 Å². The fourth-order valence-corrected chi connectivity index (χ4v) is 3.69. The molecule has 0 bridgehead atoms. The summed E-state index contributed by atoms with van der Waals surface area (Å²) in [4.78, 5) is 17.6. The largest absolute Gasteiger partial charge is 0.496 e. The van der Waals surface area contributed by atoms with Crippen LogP contribution >= 0.6 is 0 Å². The van der Waals surface area contributed by atoms with Crippen molar-refractivity contribution in [1.29, 1.82) is 0 Å². The van der Waals surface area contributed by atoms with Crippen LogP contribution in [-0.4, -0.2) is 72.5 Å². The molecule has 0 radical (unpaired) electrons. The van der Waals surface area contributed by atoms with E-state index in [0.717, 1.165) is 11.1 Å². The molecule has 1 aromatic carbocycles. The summed E-state index contributed by atoms with van der Waals surface area (Å²) in [5, 5.41) is 4.31. The van der Waals surface area contributed by atoms with Crippen LogP contribution in [0.5, 0.6) is 5.75 Å². The van der Waals surface area contributed by atoms with Crippen LogP contribution in [0.1, 0.15) is 27.5 Å². The number of benzene rings is 1. The summed E-state index contributed by atoms with van der Waals surface area (Å²) in [6.45, 7) is 3.69. The maximum atomic E-state index is 13.6. The minimum Gasteiger partial charge on any atom is -0.496 e. The van der Waals surface area contributed by atoms with E-state index >= 15 is 0 Å². The third-order valence-corrected chi connectivity index (χ3v) is 4.89. The zero-order valence-electron chi connectivity index (χ0n) is 16.7. The number of amides is 1. The van der Waals surface area contributed by atoms with Crippen molar-refractivity contribution in [3.05, 3.63) is 47.3 Å². The van der Waals surface area contributed by atoms with Gasteiger partial charge in [0.15, 0.2) is 0 Å². The molecule has 7 nitrogen and oxygen atoms in total. The van der Waals surface area contributed by atoms with Crippen LogP contribution in [-0.2, 0) is 11.8 Å². The average Bonchev–Trinajstić information content (AvgIpc) is 3.06. The number of rotatable bonds is 5. The molecule has 0 spiro atoms. The Kier molecular flexibility index (Phi) is 5.82. The summed E-state index contributed by atoms with van der Waals surface area (Å²) in [5.41, 5.74) is 2.49. The molecule has 146 valence electrons. The van der Waals surface area contributed by atoms with Gasteiger partial charge in [-0.3, -0.25) is 9.48 Å². The van der Waals surface area contributed by atoms with Gasteiger partial charge in [-0.2, -0.15) is 5.10 Å². The second-order valence-corrected chi connectivity index (χ2v) is 7.21. The number of aryl methyl sites for hydroxylation is 2. The highest BCUT2D eigenvalue weighted by Crippen LogP contribution is 2.33. The molecule has 1 fully saturated rings. The lowest BCUT2D eigenvalue weighted by Crippen LogP contribution is -2.51. The molecule has 2 aromatic rings. The molecule has 3 rings (SSSR count). The van der Waals surface area contributed by atoms with Crippen molar-refractivity contribution in [3.8, 4) is 5.75 Å². The molecular formula is C20H28N4O3. The summed E-state index contributed by atoms with van der Waals surface area (Å²) >= 11 is 0. The Morgan fingerprint density at radius 1 is 1.41 bits per heavy atom. The molecule has 1 amide bonds. The first-order valence-corrected chi connectivity index (χ1v) is 9.11. The van der Waals surface area contributed by atoms with E-state index in [1.54, 1.807) is 11.8 Å². The number of carbonyl (C=O) groups excluding carboxylic acids is 1. The van der Waals surface area contributed by atoms with Gasteiger partial charge in [-0.1, -0.05) is 12.1 Å². The molecule has 1 aliphatic rings. The highest BCUT2D eigenvalue weighted by molar-refractivity contribution is 5.98. The van der Waals surface area contributed by atoms with Crippen LogP contribution in [0, 0.1) is 6.92 Å². The van der Waals surface area contributed by atoms with E-state index in [4.69, 9.17) is 9.47 Å². The van der Waals surface area contributed by atoms with Crippen molar-refractivity contribution in [2.75, 3.05) is 40.9 Å². The average molecular weight is 372 g/mol. The molecule has 0 aliphatic carbocycles. The van der Waals surface area contributed by atoms with Crippen molar-refractivity contribution >= 4 is 5.91 Å². The molecule has 2 heterocycles. The number of hydrogen-bond donors (Lipinski definition) is 0. The third kappa shape index (κ3) is 3.99. The summed E-state index contributed by atoms with van der Waals surface area (Å²) in [6, 6.07) is 5.47. The number of methoxy groups -OCH3 is 1. The van der Waals surface area contributed by atoms with Gasteiger partial charge in [-0.15, -0.1) is 0 Å². The van der Waals surface area contributed by atoms with Gasteiger partial charge in [0, 0.05) is 31.9 Å². The molecule has 7 heteroatoms. The maximum Gasteiger partial charge on any atom is 0.258 e.